The first-order valence-electron chi connectivity index (χ1n) is 8.90. The van der Waals surface area contributed by atoms with Crippen molar-refractivity contribution in [2.45, 2.75) is 18.6 Å². The maximum atomic E-state index is 12.9. The number of hydrogen-bond donors (Lipinski definition) is 0. The Labute approximate surface area is 157 Å². The molecule has 4 rings (SSSR count). The normalized spacial score (nSPS) is 17.9. The van der Waals surface area contributed by atoms with Crippen LogP contribution in [0.1, 0.15) is 33.3 Å². The van der Waals surface area contributed by atoms with Gasteiger partial charge in [0, 0.05) is 24.1 Å². The van der Waals surface area contributed by atoms with Gasteiger partial charge in [-0.05, 0) is 36.6 Å². The van der Waals surface area contributed by atoms with Crippen LogP contribution in [0.5, 0.6) is 0 Å². The van der Waals surface area contributed by atoms with Crippen molar-refractivity contribution >= 4 is 28.7 Å². The summed E-state index contributed by atoms with van der Waals surface area (Å²) in [4.78, 5) is 23.7. The van der Waals surface area contributed by atoms with Crippen molar-refractivity contribution in [1.82, 2.24) is 14.9 Å². The average molecular weight is 363 g/mol. The number of carbonyl (C=O) groups is 1. The van der Waals surface area contributed by atoms with Crippen molar-refractivity contribution in [1.29, 1.82) is 0 Å². The van der Waals surface area contributed by atoms with E-state index in [1.54, 1.807) is 6.20 Å². The van der Waals surface area contributed by atoms with Crippen molar-refractivity contribution in [2.24, 2.45) is 0 Å². The van der Waals surface area contributed by atoms with E-state index >= 15 is 0 Å². The average Bonchev–Trinajstić information content (AvgIpc) is 2.93. The summed E-state index contributed by atoms with van der Waals surface area (Å²) < 4.78 is 0. The third-order valence-electron chi connectivity index (χ3n) is 4.83. The van der Waals surface area contributed by atoms with E-state index in [1.165, 1.54) is 11.1 Å². The van der Waals surface area contributed by atoms with Crippen LogP contribution >= 0.6 is 11.8 Å². The van der Waals surface area contributed by atoms with Crippen molar-refractivity contribution in [2.75, 3.05) is 18.8 Å². The fourth-order valence-electron chi connectivity index (χ4n) is 3.39. The SMILES string of the molecule is Cc1ccccc1C1CCN(C(=O)c2cnc3ccccc3n2)CCS1. The zero-order valence-electron chi connectivity index (χ0n) is 14.8. The standard InChI is InChI=1S/C21H21N3OS/c1-15-6-2-3-7-16(15)20-10-11-24(12-13-26-20)21(25)19-14-22-17-8-4-5-9-18(17)23-19/h2-9,14,20H,10-13H2,1H3. The Bertz CT molecular complexity index is 943. The summed E-state index contributed by atoms with van der Waals surface area (Å²) in [6, 6.07) is 16.2. The summed E-state index contributed by atoms with van der Waals surface area (Å²) >= 11 is 1.94. The van der Waals surface area contributed by atoms with E-state index in [9.17, 15) is 4.79 Å². The number of thioether (sulfide) groups is 1. The van der Waals surface area contributed by atoms with E-state index in [0.717, 1.165) is 36.3 Å². The molecule has 5 heteroatoms. The van der Waals surface area contributed by atoms with Gasteiger partial charge >= 0.3 is 0 Å². The zero-order valence-corrected chi connectivity index (χ0v) is 15.6. The molecule has 1 amide bonds. The predicted molar refractivity (Wildman–Crippen MR) is 106 cm³/mol. The van der Waals surface area contributed by atoms with E-state index in [1.807, 2.05) is 40.9 Å². The summed E-state index contributed by atoms with van der Waals surface area (Å²) in [6.07, 6.45) is 2.56. The van der Waals surface area contributed by atoms with E-state index in [-0.39, 0.29) is 5.91 Å². The number of carbonyl (C=O) groups excluding carboxylic acids is 1. The Morgan fingerprint density at radius 1 is 1.08 bits per heavy atom. The summed E-state index contributed by atoms with van der Waals surface area (Å²) in [7, 11) is 0. The van der Waals surface area contributed by atoms with E-state index in [4.69, 9.17) is 0 Å². The third-order valence-corrected chi connectivity index (χ3v) is 6.14. The van der Waals surface area contributed by atoms with Gasteiger partial charge < -0.3 is 4.90 Å². The van der Waals surface area contributed by atoms with Crippen molar-refractivity contribution in [3.05, 3.63) is 71.5 Å². The lowest BCUT2D eigenvalue weighted by Gasteiger charge is -2.20. The number of amides is 1. The molecule has 1 aromatic heterocycles. The highest BCUT2D eigenvalue weighted by molar-refractivity contribution is 7.99. The molecule has 1 unspecified atom stereocenters. The molecule has 2 heterocycles. The zero-order chi connectivity index (χ0) is 17.9. The molecular formula is C21H21N3OS. The maximum absolute atomic E-state index is 12.9. The smallest absolute Gasteiger partial charge is 0.274 e. The van der Waals surface area contributed by atoms with Crippen molar-refractivity contribution in [3.8, 4) is 0 Å². The number of aromatic nitrogens is 2. The number of nitrogens with zero attached hydrogens (tertiary/aromatic N) is 3. The van der Waals surface area contributed by atoms with Crippen LogP contribution in [0.25, 0.3) is 11.0 Å². The molecule has 1 aliphatic heterocycles. The fraction of sp³-hybridized carbons (Fsp3) is 0.286. The van der Waals surface area contributed by atoms with Crippen LogP contribution in [0.2, 0.25) is 0 Å². The second kappa shape index (κ2) is 7.46. The second-order valence-electron chi connectivity index (χ2n) is 6.54. The van der Waals surface area contributed by atoms with Gasteiger partial charge in [0.25, 0.3) is 5.91 Å². The van der Waals surface area contributed by atoms with Gasteiger partial charge in [-0.1, -0.05) is 36.4 Å². The van der Waals surface area contributed by atoms with Gasteiger partial charge in [-0.3, -0.25) is 9.78 Å². The summed E-state index contributed by atoms with van der Waals surface area (Å²) in [5.41, 5.74) is 4.72. The Morgan fingerprint density at radius 2 is 1.85 bits per heavy atom. The highest BCUT2D eigenvalue weighted by Crippen LogP contribution is 2.36. The Morgan fingerprint density at radius 3 is 2.69 bits per heavy atom. The lowest BCUT2D eigenvalue weighted by Crippen LogP contribution is -2.33. The van der Waals surface area contributed by atoms with E-state index in [0.29, 0.717) is 10.9 Å². The molecule has 0 saturated carbocycles. The first-order chi connectivity index (χ1) is 12.7. The highest BCUT2D eigenvalue weighted by Gasteiger charge is 2.24. The minimum Gasteiger partial charge on any atom is -0.336 e. The molecule has 1 aliphatic rings. The molecule has 0 bridgehead atoms. The molecule has 3 aromatic rings. The third kappa shape index (κ3) is 3.44. The lowest BCUT2D eigenvalue weighted by atomic mass is 10.0. The number of para-hydroxylation sites is 2. The van der Waals surface area contributed by atoms with Gasteiger partial charge in [0.1, 0.15) is 5.69 Å². The number of rotatable bonds is 2. The topological polar surface area (TPSA) is 46.1 Å². The molecule has 4 nitrogen and oxygen atoms in total. The molecular weight excluding hydrogens is 342 g/mol. The molecule has 0 aliphatic carbocycles. The van der Waals surface area contributed by atoms with Crippen LogP contribution in [0.4, 0.5) is 0 Å². The Kier molecular flexibility index (Phi) is 4.89. The molecule has 132 valence electrons. The number of hydrogen-bond acceptors (Lipinski definition) is 4. The predicted octanol–water partition coefficient (Wildman–Crippen LogP) is 4.26. The summed E-state index contributed by atoms with van der Waals surface area (Å²) in [6.45, 7) is 3.66. The van der Waals surface area contributed by atoms with E-state index < -0.39 is 0 Å². The van der Waals surface area contributed by atoms with Crippen LogP contribution in [-0.2, 0) is 0 Å². The van der Waals surface area contributed by atoms with Gasteiger partial charge in [0.2, 0.25) is 0 Å². The lowest BCUT2D eigenvalue weighted by molar-refractivity contribution is 0.0760. The first kappa shape index (κ1) is 17.0. The number of aryl methyl sites for hydroxylation is 1. The second-order valence-corrected chi connectivity index (χ2v) is 7.85. The van der Waals surface area contributed by atoms with Gasteiger partial charge in [-0.25, -0.2) is 4.98 Å². The number of benzene rings is 2. The van der Waals surface area contributed by atoms with Crippen LogP contribution in [0, 0.1) is 6.92 Å². The molecule has 1 atom stereocenters. The minimum atomic E-state index is -0.0192. The summed E-state index contributed by atoms with van der Waals surface area (Å²) in [5.74, 6) is 0.917. The first-order valence-corrected chi connectivity index (χ1v) is 9.95. The molecule has 0 radical (unpaired) electrons. The summed E-state index contributed by atoms with van der Waals surface area (Å²) in [5, 5.41) is 0.441. The van der Waals surface area contributed by atoms with Crippen molar-refractivity contribution in [3.63, 3.8) is 0 Å². The Hall–Kier alpha value is -2.40. The van der Waals surface area contributed by atoms with Gasteiger partial charge in [0.05, 0.1) is 17.2 Å². The maximum Gasteiger partial charge on any atom is 0.274 e. The molecule has 1 fully saturated rings. The minimum absolute atomic E-state index is 0.0192. The van der Waals surface area contributed by atoms with Crippen LogP contribution in [0.15, 0.2) is 54.7 Å². The Balaban J connectivity index is 1.51. The van der Waals surface area contributed by atoms with Crippen LogP contribution in [0.3, 0.4) is 0 Å². The highest BCUT2D eigenvalue weighted by atomic mass is 32.2. The number of fused-ring (bicyclic) bond motifs is 1. The van der Waals surface area contributed by atoms with Gasteiger partial charge in [-0.2, -0.15) is 11.8 Å². The van der Waals surface area contributed by atoms with Crippen molar-refractivity contribution < 1.29 is 4.79 Å². The largest absolute Gasteiger partial charge is 0.336 e. The molecule has 0 N–H and O–H groups in total. The van der Waals surface area contributed by atoms with Crippen LogP contribution < -0.4 is 0 Å². The van der Waals surface area contributed by atoms with Gasteiger partial charge in [-0.15, -0.1) is 0 Å². The quantitative estimate of drug-likeness (QED) is 0.682. The molecule has 1 saturated heterocycles. The van der Waals surface area contributed by atoms with E-state index in [2.05, 4.69) is 41.2 Å². The molecule has 26 heavy (non-hydrogen) atoms. The molecule has 2 aromatic carbocycles. The monoisotopic (exact) mass is 363 g/mol. The van der Waals surface area contributed by atoms with Gasteiger partial charge in [0.15, 0.2) is 0 Å². The van der Waals surface area contributed by atoms with Crippen LogP contribution in [-0.4, -0.2) is 39.6 Å². The fourth-order valence-corrected chi connectivity index (χ4v) is 4.72. The molecule has 0 spiro atoms.